The van der Waals surface area contributed by atoms with Gasteiger partial charge in [0.15, 0.2) is 0 Å². The van der Waals surface area contributed by atoms with Gasteiger partial charge >= 0.3 is 0 Å². The van der Waals surface area contributed by atoms with Crippen LogP contribution in [0.1, 0.15) is 16.4 Å². The van der Waals surface area contributed by atoms with Gasteiger partial charge in [0.05, 0.1) is 17.2 Å². The molecule has 0 saturated carbocycles. The molecule has 0 radical (unpaired) electrons. The number of nitrogens with zero attached hydrogens (tertiary/aromatic N) is 4. The lowest BCUT2D eigenvalue weighted by Crippen LogP contribution is -2.26. The van der Waals surface area contributed by atoms with Gasteiger partial charge in [0.1, 0.15) is 16.7 Å². The molecule has 0 aromatic carbocycles. The Morgan fingerprint density at radius 2 is 2.20 bits per heavy atom. The minimum Gasteiger partial charge on any atom is -0.245 e. The van der Waals surface area contributed by atoms with Crippen molar-refractivity contribution in [2.75, 3.05) is 7.05 Å². The molecule has 0 fully saturated rings. The Kier molecular flexibility index (Phi) is 4.13. The van der Waals surface area contributed by atoms with E-state index in [-0.39, 0.29) is 17.1 Å². The number of sulfonamides is 1. The molecule has 0 aliphatic carbocycles. The van der Waals surface area contributed by atoms with Gasteiger partial charge in [-0.25, -0.2) is 18.4 Å². The monoisotopic (exact) mass is 308 g/mol. The number of aromatic nitrogens is 2. The first-order valence-electron chi connectivity index (χ1n) is 5.67. The molecule has 2 aromatic heterocycles. The lowest BCUT2D eigenvalue weighted by atomic mass is 10.4. The Balaban J connectivity index is 2.22. The number of nitriles is 1. The average Bonchev–Trinajstić information content (AvgIpc) is 2.84. The van der Waals surface area contributed by atoms with Crippen molar-refractivity contribution < 1.29 is 8.42 Å². The molecule has 0 unspecified atom stereocenters. The van der Waals surface area contributed by atoms with Crippen molar-refractivity contribution in [3.05, 3.63) is 40.1 Å². The Hall–Kier alpha value is -1.82. The summed E-state index contributed by atoms with van der Waals surface area (Å²) in [7, 11) is -2.14. The summed E-state index contributed by atoms with van der Waals surface area (Å²) < 4.78 is 25.9. The van der Waals surface area contributed by atoms with Crippen LogP contribution in [0.4, 0.5) is 0 Å². The fourth-order valence-corrected chi connectivity index (χ4v) is 3.26. The first-order valence-corrected chi connectivity index (χ1v) is 7.99. The van der Waals surface area contributed by atoms with E-state index in [4.69, 9.17) is 5.26 Å². The second-order valence-corrected chi connectivity index (χ2v) is 7.22. The van der Waals surface area contributed by atoms with E-state index in [2.05, 4.69) is 9.97 Å². The first-order chi connectivity index (χ1) is 9.43. The molecule has 2 rings (SSSR count). The number of hydrogen-bond donors (Lipinski definition) is 0. The van der Waals surface area contributed by atoms with E-state index >= 15 is 0 Å². The van der Waals surface area contributed by atoms with Gasteiger partial charge in [-0.1, -0.05) is 0 Å². The number of aryl methyl sites for hydroxylation is 1. The van der Waals surface area contributed by atoms with Gasteiger partial charge in [-0.2, -0.15) is 9.57 Å². The molecule has 0 saturated heterocycles. The summed E-state index contributed by atoms with van der Waals surface area (Å²) in [5.41, 5.74) is 0.891. The summed E-state index contributed by atoms with van der Waals surface area (Å²) in [4.78, 5) is 8.08. The molecule has 0 atom stereocenters. The molecule has 0 aliphatic rings. The molecular formula is C12H12N4O2S2. The summed E-state index contributed by atoms with van der Waals surface area (Å²) in [5.74, 6) is 0. The molecule has 20 heavy (non-hydrogen) atoms. The Morgan fingerprint density at radius 1 is 1.45 bits per heavy atom. The van der Waals surface area contributed by atoms with Crippen LogP contribution in [0, 0.1) is 18.3 Å². The molecule has 8 heteroatoms. The maximum absolute atomic E-state index is 12.3. The van der Waals surface area contributed by atoms with Crippen LogP contribution < -0.4 is 0 Å². The Morgan fingerprint density at radius 3 is 2.70 bits per heavy atom. The maximum Gasteiger partial charge on any atom is 0.244 e. The fraction of sp³-hybridized carbons (Fsp3) is 0.250. The number of rotatable bonds is 4. The lowest BCUT2D eigenvalue weighted by molar-refractivity contribution is 0.462. The second-order valence-electron chi connectivity index (χ2n) is 4.11. The van der Waals surface area contributed by atoms with E-state index in [1.165, 1.54) is 41.0 Å². The van der Waals surface area contributed by atoms with Gasteiger partial charge in [0, 0.05) is 18.6 Å². The highest BCUT2D eigenvalue weighted by Crippen LogP contribution is 2.17. The normalized spacial score (nSPS) is 11.5. The zero-order chi connectivity index (χ0) is 14.8. The van der Waals surface area contributed by atoms with E-state index in [1.807, 2.05) is 18.4 Å². The summed E-state index contributed by atoms with van der Waals surface area (Å²) in [6.45, 7) is 2.07. The second kappa shape index (κ2) is 5.66. The largest absolute Gasteiger partial charge is 0.245 e. The Bertz CT molecular complexity index is 745. The molecule has 0 amide bonds. The van der Waals surface area contributed by atoms with E-state index in [0.29, 0.717) is 5.69 Å². The summed E-state index contributed by atoms with van der Waals surface area (Å²) in [6.07, 6.45) is 1.19. The molecule has 2 heterocycles. The average molecular weight is 308 g/mol. The number of pyridine rings is 1. The molecule has 6 nitrogen and oxygen atoms in total. The van der Waals surface area contributed by atoms with Crippen molar-refractivity contribution in [3.63, 3.8) is 0 Å². The molecule has 0 aliphatic heterocycles. The van der Waals surface area contributed by atoms with Crippen LogP contribution in [0.25, 0.3) is 0 Å². The third-order valence-corrected chi connectivity index (χ3v) is 5.22. The molecule has 0 N–H and O–H groups in total. The van der Waals surface area contributed by atoms with E-state index in [0.717, 1.165) is 5.01 Å². The van der Waals surface area contributed by atoms with Crippen molar-refractivity contribution in [2.24, 2.45) is 0 Å². The first kappa shape index (κ1) is 14.6. The minimum absolute atomic E-state index is 0.0611. The summed E-state index contributed by atoms with van der Waals surface area (Å²) in [5, 5.41) is 11.4. The van der Waals surface area contributed by atoms with Gasteiger partial charge in [0.25, 0.3) is 0 Å². The SMILES string of the molecule is Cc1nc(CN(C)S(=O)(=O)c2ccc(C#N)nc2)cs1. The van der Waals surface area contributed by atoms with Crippen molar-refractivity contribution in [2.45, 2.75) is 18.4 Å². The zero-order valence-electron chi connectivity index (χ0n) is 10.9. The fourth-order valence-electron chi connectivity index (χ4n) is 1.57. The Labute approximate surface area is 121 Å². The van der Waals surface area contributed by atoms with E-state index in [9.17, 15) is 8.42 Å². The highest BCUT2D eigenvalue weighted by Gasteiger charge is 2.22. The molecule has 0 bridgehead atoms. The minimum atomic E-state index is -3.63. The maximum atomic E-state index is 12.3. The highest BCUT2D eigenvalue weighted by atomic mass is 32.2. The lowest BCUT2D eigenvalue weighted by Gasteiger charge is -2.15. The number of thiazole rings is 1. The van der Waals surface area contributed by atoms with Gasteiger partial charge in [-0.05, 0) is 19.1 Å². The van der Waals surface area contributed by atoms with Crippen LogP contribution in [0.5, 0.6) is 0 Å². The summed E-state index contributed by atoms with van der Waals surface area (Å²) >= 11 is 1.48. The predicted octanol–water partition coefficient (Wildman–Crippen LogP) is 1.54. The van der Waals surface area contributed by atoms with Crippen molar-refractivity contribution in [1.82, 2.24) is 14.3 Å². The van der Waals surface area contributed by atoms with Crippen LogP contribution in [0.3, 0.4) is 0 Å². The quantitative estimate of drug-likeness (QED) is 0.855. The van der Waals surface area contributed by atoms with Gasteiger partial charge in [-0.3, -0.25) is 0 Å². The highest BCUT2D eigenvalue weighted by molar-refractivity contribution is 7.89. The predicted molar refractivity (Wildman–Crippen MR) is 74.5 cm³/mol. The topological polar surface area (TPSA) is 87.0 Å². The summed E-state index contributed by atoms with van der Waals surface area (Å²) in [6, 6.07) is 4.61. The van der Waals surface area contributed by atoms with E-state index in [1.54, 1.807) is 0 Å². The van der Waals surface area contributed by atoms with Gasteiger partial charge < -0.3 is 0 Å². The van der Waals surface area contributed by atoms with Crippen molar-refractivity contribution in [1.29, 1.82) is 5.26 Å². The molecule has 104 valence electrons. The molecule has 2 aromatic rings. The van der Waals surface area contributed by atoms with Crippen LogP contribution in [0.2, 0.25) is 0 Å². The standard InChI is InChI=1S/C12H12N4O2S2/c1-9-15-11(8-19-9)7-16(2)20(17,18)12-4-3-10(5-13)14-6-12/h3-4,6,8H,7H2,1-2H3. The van der Waals surface area contributed by atoms with Crippen LogP contribution in [-0.4, -0.2) is 29.7 Å². The van der Waals surface area contributed by atoms with Crippen LogP contribution >= 0.6 is 11.3 Å². The zero-order valence-corrected chi connectivity index (χ0v) is 12.6. The third kappa shape index (κ3) is 3.01. The van der Waals surface area contributed by atoms with Crippen molar-refractivity contribution in [3.8, 4) is 6.07 Å². The van der Waals surface area contributed by atoms with Crippen molar-refractivity contribution >= 4 is 21.4 Å². The van der Waals surface area contributed by atoms with Gasteiger partial charge in [0.2, 0.25) is 10.0 Å². The molecular weight excluding hydrogens is 296 g/mol. The van der Waals surface area contributed by atoms with E-state index < -0.39 is 10.0 Å². The smallest absolute Gasteiger partial charge is 0.244 e. The third-order valence-electron chi connectivity index (χ3n) is 2.61. The van der Waals surface area contributed by atoms with Crippen LogP contribution in [0.15, 0.2) is 28.6 Å². The van der Waals surface area contributed by atoms with Crippen LogP contribution in [-0.2, 0) is 16.6 Å². The molecule has 0 spiro atoms. The van der Waals surface area contributed by atoms with Gasteiger partial charge in [-0.15, -0.1) is 11.3 Å². The number of hydrogen-bond acceptors (Lipinski definition) is 6.